The molecule has 5 rings (SSSR count). The van der Waals surface area contributed by atoms with Gasteiger partial charge >= 0.3 is 0 Å². The van der Waals surface area contributed by atoms with Crippen molar-refractivity contribution < 1.29 is 28.6 Å². The molecule has 1 heterocycles. The largest absolute Gasteiger partial charge is 0.493 e. The number of imide groups is 1. The van der Waals surface area contributed by atoms with Crippen molar-refractivity contribution in [2.24, 2.45) is 5.10 Å². The number of nitrogens with zero attached hydrogens (tertiary/aromatic N) is 2. The summed E-state index contributed by atoms with van der Waals surface area (Å²) in [5.41, 5.74) is 2.05. The SMILES string of the molecule is COc1cc(/C=N/N2C(=O)c3cccc4c(C(=O)c5ccccc5)ccc(c34)C2=O)cc(OC)c1OC. The minimum Gasteiger partial charge on any atom is -0.493 e. The van der Waals surface area contributed by atoms with Crippen molar-refractivity contribution in [1.82, 2.24) is 5.01 Å². The molecule has 4 aromatic rings. The lowest BCUT2D eigenvalue weighted by Crippen LogP contribution is -2.36. The van der Waals surface area contributed by atoms with Crippen molar-refractivity contribution in [2.45, 2.75) is 0 Å². The number of ketones is 1. The molecular formula is C29H22N2O6. The molecule has 8 nitrogen and oxygen atoms in total. The zero-order valence-corrected chi connectivity index (χ0v) is 20.3. The third kappa shape index (κ3) is 3.98. The normalized spacial score (nSPS) is 12.8. The molecule has 2 amide bonds. The fourth-order valence-corrected chi connectivity index (χ4v) is 4.43. The fourth-order valence-electron chi connectivity index (χ4n) is 4.43. The maximum absolute atomic E-state index is 13.4. The van der Waals surface area contributed by atoms with Crippen LogP contribution in [0, 0.1) is 0 Å². The molecular weight excluding hydrogens is 472 g/mol. The first kappa shape index (κ1) is 23.7. The number of rotatable bonds is 7. The van der Waals surface area contributed by atoms with E-state index in [1.54, 1.807) is 66.7 Å². The van der Waals surface area contributed by atoms with Gasteiger partial charge in [-0.05, 0) is 35.7 Å². The second-order valence-electron chi connectivity index (χ2n) is 8.21. The number of hydrazone groups is 1. The number of hydrogen-bond acceptors (Lipinski definition) is 7. The molecule has 8 heteroatoms. The van der Waals surface area contributed by atoms with Gasteiger partial charge in [0.25, 0.3) is 11.8 Å². The standard InChI is InChI=1S/C29H22N2O6/c1-35-23-14-17(15-24(36-2)27(23)37-3)16-30-31-28(33)21-11-7-10-19-20(12-13-22(25(19)21)29(31)34)26(32)18-8-5-4-6-9-18/h4-16H,1-3H3/b30-16+. The number of benzene rings is 4. The van der Waals surface area contributed by atoms with Gasteiger partial charge in [0.05, 0.1) is 38.7 Å². The van der Waals surface area contributed by atoms with Crippen LogP contribution < -0.4 is 14.2 Å². The van der Waals surface area contributed by atoms with Gasteiger partial charge < -0.3 is 14.2 Å². The van der Waals surface area contributed by atoms with Crippen LogP contribution >= 0.6 is 0 Å². The third-order valence-corrected chi connectivity index (χ3v) is 6.18. The third-order valence-electron chi connectivity index (χ3n) is 6.18. The maximum atomic E-state index is 13.4. The fraction of sp³-hybridized carbons (Fsp3) is 0.103. The van der Waals surface area contributed by atoms with Crippen molar-refractivity contribution in [2.75, 3.05) is 21.3 Å². The summed E-state index contributed by atoms with van der Waals surface area (Å²) in [6.45, 7) is 0. The summed E-state index contributed by atoms with van der Waals surface area (Å²) in [6, 6.07) is 20.4. The number of carbonyl (C=O) groups is 3. The smallest absolute Gasteiger partial charge is 0.282 e. The highest BCUT2D eigenvalue weighted by Crippen LogP contribution is 2.38. The summed E-state index contributed by atoms with van der Waals surface area (Å²) >= 11 is 0. The second kappa shape index (κ2) is 9.58. The average molecular weight is 495 g/mol. The Morgan fingerprint density at radius 3 is 2.05 bits per heavy atom. The van der Waals surface area contributed by atoms with E-state index in [1.807, 2.05) is 6.07 Å². The molecule has 0 N–H and O–H groups in total. The van der Waals surface area contributed by atoms with E-state index in [0.29, 0.717) is 44.7 Å². The van der Waals surface area contributed by atoms with Crippen LogP contribution in [0.15, 0.2) is 77.9 Å². The predicted molar refractivity (Wildman–Crippen MR) is 138 cm³/mol. The number of methoxy groups -OCH3 is 3. The molecule has 0 spiro atoms. The average Bonchev–Trinajstić information content (AvgIpc) is 2.94. The lowest BCUT2D eigenvalue weighted by atomic mass is 9.89. The first-order valence-electron chi connectivity index (χ1n) is 11.4. The van der Waals surface area contributed by atoms with Gasteiger partial charge in [-0.2, -0.15) is 10.1 Å². The van der Waals surface area contributed by atoms with Gasteiger partial charge in [0.15, 0.2) is 17.3 Å². The molecule has 37 heavy (non-hydrogen) atoms. The predicted octanol–water partition coefficient (Wildman–Crippen LogP) is 4.73. The summed E-state index contributed by atoms with van der Waals surface area (Å²) in [7, 11) is 4.48. The summed E-state index contributed by atoms with van der Waals surface area (Å²) < 4.78 is 16.0. The van der Waals surface area contributed by atoms with Crippen LogP contribution in [-0.2, 0) is 0 Å². The Morgan fingerprint density at radius 1 is 0.784 bits per heavy atom. The van der Waals surface area contributed by atoms with E-state index in [-0.39, 0.29) is 16.9 Å². The Bertz CT molecular complexity index is 1550. The molecule has 0 aliphatic carbocycles. The maximum Gasteiger partial charge on any atom is 0.282 e. The molecule has 1 aliphatic rings. The molecule has 4 aromatic carbocycles. The highest BCUT2D eigenvalue weighted by atomic mass is 16.5. The van der Waals surface area contributed by atoms with Crippen LogP contribution in [0.4, 0.5) is 0 Å². The van der Waals surface area contributed by atoms with E-state index in [1.165, 1.54) is 27.5 Å². The molecule has 1 aliphatic heterocycles. The summed E-state index contributed by atoms with van der Waals surface area (Å²) in [5, 5.41) is 6.01. The van der Waals surface area contributed by atoms with Gasteiger partial charge in [-0.25, -0.2) is 0 Å². The van der Waals surface area contributed by atoms with Gasteiger partial charge in [-0.15, -0.1) is 0 Å². The zero-order valence-electron chi connectivity index (χ0n) is 20.3. The van der Waals surface area contributed by atoms with Crippen LogP contribution in [0.2, 0.25) is 0 Å². The number of carbonyl (C=O) groups excluding carboxylic acids is 3. The Balaban J connectivity index is 1.55. The minimum atomic E-state index is -0.587. The van der Waals surface area contributed by atoms with Crippen molar-refractivity contribution in [1.29, 1.82) is 0 Å². The molecule has 0 radical (unpaired) electrons. The first-order chi connectivity index (χ1) is 18.0. The van der Waals surface area contributed by atoms with Crippen LogP contribution in [-0.4, -0.2) is 50.2 Å². The number of ether oxygens (including phenoxy) is 3. The molecule has 0 fully saturated rings. The van der Waals surface area contributed by atoms with Gasteiger partial charge in [0, 0.05) is 22.1 Å². The van der Waals surface area contributed by atoms with Crippen LogP contribution in [0.3, 0.4) is 0 Å². The highest BCUT2D eigenvalue weighted by Gasteiger charge is 2.34. The Kier molecular flexibility index (Phi) is 6.15. The molecule has 0 aromatic heterocycles. The quantitative estimate of drug-likeness (QED) is 0.210. The molecule has 0 saturated heterocycles. The van der Waals surface area contributed by atoms with E-state index in [2.05, 4.69) is 5.10 Å². The lowest BCUT2D eigenvalue weighted by molar-refractivity contribution is 0.0616. The van der Waals surface area contributed by atoms with Gasteiger partial charge in [0.1, 0.15) is 0 Å². The molecule has 0 bridgehead atoms. The van der Waals surface area contributed by atoms with Crippen molar-refractivity contribution in [3.8, 4) is 17.2 Å². The van der Waals surface area contributed by atoms with Crippen LogP contribution in [0.25, 0.3) is 10.8 Å². The van der Waals surface area contributed by atoms with Crippen molar-refractivity contribution >= 4 is 34.6 Å². The van der Waals surface area contributed by atoms with E-state index in [9.17, 15) is 14.4 Å². The van der Waals surface area contributed by atoms with Gasteiger partial charge in [0.2, 0.25) is 5.75 Å². The molecule has 0 unspecified atom stereocenters. The lowest BCUT2D eigenvalue weighted by Gasteiger charge is -2.24. The topological polar surface area (TPSA) is 94.5 Å². The van der Waals surface area contributed by atoms with Crippen LogP contribution in [0.1, 0.15) is 42.2 Å². The van der Waals surface area contributed by atoms with Crippen molar-refractivity contribution in [3.05, 3.63) is 101 Å². The van der Waals surface area contributed by atoms with E-state index in [0.717, 1.165) is 5.01 Å². The number of amides is 2. The van der Waals surface area contributed by atoms with Gasteiger partial charge in [-0.1, -0.05) is 42.5 Å². The zero-order chi connectivity index (χ0) is 26.1. The minimum absolute atomic E-state index is 0.188. The Morgan fingerprint density at radius 2 is 1.43 bits per heavy atom. The van der Waals surface area contributed by atoms with E-state index < -0.39 is 11.8 Å². The summed E-state index contributed by atoms with van der Waals surface area (Å²) in [5.74, 6) is -0.136. The van der Waals surface area contributed by atoms with Crippen molar-refractivity contribution in [3.63, 3.8) is 0 Å². The molecule has 0 saturated carbocycles. The first-order valence-corrected chi connectivity index (χ1v) is 11.4. The van der Waals surface area contributed by atoms with E-state index in [4.69, 9.17) is 14.2 Å². The summed E-state index contributed by atoms with van der Waals surface area (Å²) in [6.07, 6.45) is 1.37. The van der Waals surface area contributed by atoms with Gasteiger partial charge in [-0.3, -0.25) is 14.4 Å². The Hall–Kier alpha value is -4.98. The highest BCUT2D eigenvalue weighted by molar-refractivity contribution is 6.28. The second-order valence-corrected chi connectivity index (χ2v) is 8.21. The Labute approximate surface area is 212 Å². The van der Waals surface area contributed by atoms with E-state index >= 15 is 0 Å². The monoisotopic (exact) mass is 494 g/mol. The molecule has 0 atom stereocenters. The molecule has 184 valence electrons. The number of hydrogen-bond donors (Lipinski definition) is 0. The van der Waals surface area contributed by atoms with Crippen LogP contribution in [0.5, 0.6) is 17.2 Å². The summed E-state index contributed by atoms with van der Waals surface area (Å²) in [4.78, 5) is 39.9.